The summed E-state index contributed by atoms with van der Waals surface area (Å²) in [7, 11) is 0. The predicted octanol–water partition coefficient (Wildman–Crippen LogP) is 5.97. The Hall–Kier alpha value is -2.08. The van der Waals surface area contributed by atoms with Crippen molar-refractivity contribution in [3.05, 3.63) is 83.9 Å². The number of rotatable bonds is 5. The van der Waals surface area contributed by atoms with Crippen molar-refractivity contribution in [2.75, 3.05) is 0 Å². The molecule has 2 rings (SSSR count). The van der Waals surface area contributed by atoms with Crippen LogP contribution in [0.15, 0.2) is 72.8 Å². The second kappa shape index (κ2) is 7.49. The van der Waals surface area contributed by atoms with Crippen molar-refractivity contribution >= 4 is 11.1 Å². The van der Waals surface area contributed by atoms with Gasteiger partial charge in [-0.2, -0.15) is 0 Å². The van der Waals surface area contributed by atoms with Crippen LogP contribution in [-0.2, 0) is 0 Å². The van der Waals surface area contributed by atoms with Crippen molar-refractivity contribution in [3.8, 4) is 0 Å². The summed E-state index contributed by atoms with van der Waals surface area (Å²) in [5, 5.41) is 0. The molecule has 0 aliphatic rings. The van der Waals surface area contributed by atoms with E-state index < -0.39 is 0 Å². The van der Waals surface area contributed by atoms with E-state index in [4.69, 9.17) is 0 Å². The van der Waals surface area contributed by atoms with E-state index in [0.29, 0.717) is 0 Å². The zero-order valence-electron chi connectivity index (χ0n) is 12.3. The lowest BCUT2D eigenvalue weighted by Gasteiger charge is -2.05. The molecule has 20 heavy (non-hydrogen) atoms. The fourth-order valence-corrected chi connectivity index (χ4v) is 2.32. The lowest BCUT2D eigenvalue weighted by molar-refractivity contribution is 1.21. The highest BCUT2D eigenvalue weighted by Crippen LogP contribution is 2.19. The predicted molar refractivity (Wildman–Crippen MR) is 89.4 cm³/mol. The molecule has 0 nitrogen and oxygen atoms in total. The molecule has 0 spiro atoms. The molecule has 0 saturated heterocycles. The van der Waals surface area contributed by atoms with Gasteiger partial charge in [0.15, 0.2) is 0 Å². The van der Waals surface area contributed by atoms with E-state index in [1.807, 2.05) is 0 Å². The lowest BCUT2D eigenvalue weighted by atomic mass is 10.0. The van der Waals surface area contributed by atoms with Crippen LogP contribution in [0.3, 0.4) is 0 Å². The minimum atomic E-state index is 0.985. The second-order valence-corrected chi connectivity index (χ2v) is 4.94. The van der Waals surface area contributed by atoms with E-state index in [9.17, 15) is 0 Å². The van der Waals surface area contributed by atoms with Gasteiger partial charge in [0, 0.05) is 0 Å². The molecule has 0 radical (unpaired) electrons. The first-order valence-electron chi connectivity index (χ1n) is 7.28. The minimum Gasteiger partial charge on any atom is -0.0772 e. The molecule has 0 amide bonds. The Bertz CT molecular complexity index is 574. The monoisotopic (exact) mass is 262 g/mol. The molecule has 2 aromatic rings. The molecular formula is C20H22. The number of hydrogen-bond acceptors (Lipinski definition) is 0. The van der Waals surface area contributed by atoms with E-state index in [2.05, 4.69) is 86.7 Å². The van der Waals surface area contributed by atoms with Crippen LogP contribution in [0.25, 0.3) is 11.1 Å². The van der Waals surface area contributed by atoms with Gasteiger partial charge in [-0.3, -0.25) is 0 Å². The van der Waals surface area contributed by atoms with Crippen molar-refractivity contribution in [1.29, 1.82) is 0 Å². The van der Waals surface area contributed by atoms with Crippen LogP contribution in [0.2, 0.25) is 0 Å². The summed E-state index contributed by atoms with van der Waals surface area (Å²) >= 11 is 0. The third-order valence-corrected chi connectivity index (χ3v) is 3.54. The molecular weight excluding hydrogens is 240 g/mol. The van der Waals surface area contributed by atoms with Gasteiger partial charge in [-0.15, -0.1) is 0 Å². The van der Waals surface area contributed by atoms with Gasteiger partial charge in [0.25, 0.3) is 0 Å². The Morgan fingerprint density at radius 2 is 1.35 bits per heavy atom. The van der Waals surface area contributed by atoms with Gasteiger partial charge >= 0.3 is 0 Å². The van der Waals surface area contributed by atoms with E-state index in [-0.39, 0.29) is 0 Å². The molecule has 0 heteroatoms. The van der Waals surface area contributed by atoms with Crippen LogP contribution in [-0.4, -0.2) is 0 Å². The highest BCUT2D eigenvalue weighted by Gasteiger charge is 1.97. The second-order valence-electron chi connectivity index (χ2n) is 4.94. The van der Waals surface area contributed by atoms with Gasteiger partial charge < -0.3 is 0 Å². The van der Waals surface area contributed by atoms with Gasteiger partial charge in [0.05, 0.1) is 0 Å². The fraction of sp³-hybridized carbons (Fsp3) is 0.200. The Kier molecular flexibility index (Phi) is 5.37. The lowest BCUT2D eigenvalue weighted by Crippen LogP contribution is -1.82. The van der Waals surface area contributed by atoms with Crippen molar-refractivity contribution in [2.45, 2.75) is 26.7 Å². The van der Waals surface area contributed by atoms with Crippen LogP contribution in [0.5, 0.6) is 0 Å². The molecule has 0 N–H and O–H groups in total. The Labute approximate surface area is 122 Å². The van der Waals surface area contributed by atoms with Crippen LogP contribution in [0.4, 0.5) is 0 Å². The smallest absolute Gasteiger partial charge is 0.0157 e. The summed E-state index contributed by atoms with van der Waals surface area (Å²) in [5.74, 6) is 0. The molecule has 102 valence electrons. The van der Waals surface area contributed by atoms with Gasteiger partial charge in [-0.25, -0.2) is 0 Å². The molecule has 0 aromatic heterocycles. The van der Waals surface area contributed by atoms with Gasteiger partial charge in [-0.1, -0.05) is 79.7 Å². The average molecular weight is 262 g/mol. The summed E-state index contributed by atoms with van der Waals surface area (Å²) in [5.41, 5.74) is 5.40. The number of hydrogen-bond donors (Lipinski definition) is 0. The van der Waals surface area contributed by atoms with Gasteiger partial charge in [0.1, 0.15) is 0 Å². The van der Waals surface area contributed by atoms with Gasteiger partial charge in [-0.05, 0) is 42.0 Å². The quantitative estimate of drug-likeness (QED) is 0.622. The molecule has 0 unspecified atom stereocenters. The summed E-state index contributed by atoms with van der Waals surface area (Å²) in [4.78, 5) is 0. The normalized spacial score (nSPS) is 12.5. The largest absolute Gasteiger partial charge is 0.0772 e. The molecule has 0 atom stereocenters. The number of allylic oxidation sites excluding steroid dienone is 4. The maximum absolute atomic E-state index is 2.34. The average Bonchev–Trinajstić information content (AvgIpc) is 2.53. The maximum Gasteiger partial charge on any atom is -0.0157 e. The van der Waals surface area contributed by atoms with Crippen molar-refractivity contribution in [2.24, 2.45) is 0 Å². The summed E-state index contributed by atoms with van der Waals surface area (Å²) in [6.45, 7) is 4.39. The highest BCUT2D eigenvalue weighted by molar-refractivity contribution is 5.67. The van der Waals surface area contributed by atoms with Crippen LogP contribution in [0.1, 0.15) is 37.8 Å². The first kappa shape index (κ1) is 14.3. The van der Waals surface area contributed by atoms with Crippen molar-refractivity contribution in [1.82, 2.24) is 0 Å². The molecule has 2 aromatic carbocycles. The van der Waals surface area contributed by atoms with Gasteiger partial charge in [0.2, 0.25) is 0 Å². The van der Waals surface area contributed by atoms with E-state index in [1.54, 1.807) is 0 Å². The zero-order chi connectivity index (χ0) is 14.2. The minimum absolute atomic E-state index is 0.985. The standard InChI is InChI=1S/C20H22/c1-3-18(20-14-8-5-9-15-20)16-10-11-17(2)19-12-6-4-7-13-19/h4-9,11-16H,3,10H2,1-2H3/b17-11-,18-16-. The Morgan fingerprint density at radius 1 is 0.800 bits per heavy atom. The highest BCUT2D eigenvalue weighted by atomic mass is 14.0. The molecule has 0 bridgehead atoms. The maximum atomic E-state index is 2.34. The Morgan fingerprint density at radius 3 is 1.90 bits per heavy atom. The van der Waals surface area contributed by atoms with E-state index in [1.165, 1.54) is 22.3 Å². The SMILES string of the molecule is CC/C(=C/C/C=C(/C)c1ccccc1)c1ccccc1. The molecule has 0 aliphatic heterocycles. The van der Waals surface area contributed by atoms with E-state index in [0.717, 1.165) is 12.8 Å². The molecule has 0 heterocycles. The number of benzene rings is 2. The van der Waals surface area contributed by atoms with Crippen LogP contribution in [0, 0.1) is 0 Å². The molecule has 0 aliphatic carbocycles. The zero-order valence-corrected chi connectivity index (χ0v) is 12.3. The van der Waals surface area contributed by atoms with Crippen molar-refractivity contribution < 1.29 is 0 Å². The molecule has 0 saturated carbocycles. The van der Waals surface area contributed by atoms with Crippen LogP contribution < -0.4 is 0 Å². The third-order valence-electron chi connectivity index (χ3n) is 3.54. The first-order chi connectivity index (χ1) is 9.81. The topological polar surface area (TPSA) is 0 Å². The fourth-order valence-electron chi connectivity index (χ4n) is 2.32. The first-order valence-corrected chi connectivity index (χ1v) is 7.28. The summed E-state index contributed by atoms with van der Waals surface area (Å²) in [6.07, 6.45) is 6.69. The third kappa shape index (κ3) is 3.96. The Balaban J connectivity index is 2.08. The van der Waals surface area contributed by atoms with Crippen LogP contribution >= 0.6 is 0 Å². The summed E-state index contributed by atoms with van der Waals surface area (Å²) < 4.78 is 0. The molecule has 0 fully saturated rings. The summed E-state index contributed by atoms with van der Waals surface area (Å²) in [6, 6.07) is 21.2. The van der Waals surface area contributed by atoms with Crippen molar-refractivity contribution in [3.63, 3.8) is 0 Å². The van der Waals surface area contributed by atoms with E-state index >= 15 is 0 Å².